The largest absolute Gasteiger partial charge is 0.358 e. The Labute approximate surface area is 81.8 Å². The lowest BCUT2D eigenvalue weighted by atomic mass is 10.4. The van der Waals surface area contributed by atoms with Gasteiger partial charge in [0, 0.05) is 23.4 Å². The van der Waals surface area contributed by atoms with Gasteiger partial charge in [0.1, 0.15) is 0 Å². The molecule has 0 amide bonds. The van der Waals surface area contributed by atoms with Crippen LogP contribution in [-0.2, 0) is 0 Å². The van der Waals surface area contributed by atoms with Crippen molar-refractivity contribution in [3.05, 3.63) is 11.6 Å². The van der Waals surface area contributed by atoms with Crippen LogP contribution in [0.15, 0.2) is 11.6 Å². The van der Waals surface area contributed by atoms with Gasteiger partial charge in [-0.25, -0.2) is 4.98 Å². The van der Waals surface area contributed by atoms with Crippen LogP contribution in [0.2, 0.25) is 0 Å². The van der Waals surface area contributed by atoms with Crippen LogP contribution in [0.4, 0.5) is 5.13 Å². The van der Waals surface area contributed by atoms with Gasteiger partial charge in [-0.3, -0.25) is 0 Å². The van der Waals surface area contributed by atoms with E-state index in [1.807, 2.05) is 23.3 Å². The van der Waals surface area contributed by atoms with Gasteiger partial charge in [0.25, 0.3) is 0 Å². The van der Waals surface area contributed by atoms with Gasteiger partial charge in [-0.2, -0.15) is 11.8 Å². The lowest BCUT2D eigenvalue weighted by Gasteiger charge is -2.10. The molecular formula is C8H14N2S2. The number of thiazole rings is 1. The first-order valence-electron chi connectivity index (χ1n) is 4.06. The molecule has 0 spiro atoms. The zero-order valence-electron chi connectivity index (χ0n) is 7.41. The summed E-state index contributed by atoms with van der Waals surface area (Å²) in [6.45, 7) is 4.37. The Kier molecular flexibility index (Phi) is 4.46. The molecule has 1 unspecified atom stereocenters. The van der Waals surface area contributed by atoms with Gasteiger partial charge >= 0.3 is 0 Å². The fourth-order valence-electron chi connectivity index (χ4n) is 0.842. The van der Waals surface area contributed by atoms with E-state index in [2.05, 4.69) is 24.1 Å². The quantitative estimate of drug-likeness (QED) is 0.794. The standard InChI is InChI=1S/C8H14N2S2/c1-3-11-6-7(2)10-8-9-4-5-12-8/h4-5,7H,3,6H2,1-2H3,(H,9,10). The van der Waals surface area contributed by atoms with Crippen molar-refractivity contribution >= 4 is 28.2 Å². The molecule has 4 heteroatoms. The minimum atomic E-state index is 0.515. The molecule has 12 heavy (non-hydrogen) atoms. The Bertz CT molecular complexity index is 199. The molecule has 68 valence electrons. The van der Waals surface area contributed by atoms with Crippen LogP contribution in [0.5, 0.6) is 0 Å². The second-order valence-corrected chi connectivity index (χ2v) is 4.76. The minimum absolute atomic E-state index is 0.515. The number of hydrogen-bond donors (Lipinski definition) is 1. The maximum absolute atomic E-state index is 4.16. The van der Waals surface area contributed by atoms with Crippen molar-refractivity contribution in [1.82, 2.24) is 4.98 Å². The lowest BCUT2D eigenvalue weighted by molar-refractivity contribution is 0.910. The molecule has 2 nitrogen and oxygen atoms in total. The molecule has 1 rings (SSSR count). The SMILES string of the molecule is CCSCC(C)Nc1nccs1. The summed E-state index contributed by atoms with van der Waals surface area (Å²) >= 11 is 3.61. The average molecular weight is 202 g/mol. The van der Waals surface area contributed by atoms with Crippen LogP contribution < -0.4 is 5.32 Å². The molecule has 1 atom stereocenters. The average Bonchev–Trinajstić information content (AvgIpc) is 2.53. The van der Waals surface area contributed by atoms with E-state index in [1.54, 1.807) is 11.3 Å². The molecule has 1 aromatic heterocycles. The van der Waals surface area contributed by atoms with Crippen molar-refractivity contribution in [3.8, 4) is 0 Å². The van der Waals surface area contributed by atoms with E-state index >= 15 is 0 Å². The van der Waals surface area contributed by atoms with Crippen LogP contribution in [0.25, 0.3) is 0 Å². The van der Waals surface area contributed by atoms with Crippen molar-refractivity contribution in [2.45, 2.75) is 19.9 Å². The number of rotatable bonds is 5. The fourth-order valence-corrected chi connectivity index (χ4v) is 2.16. The van der Waals surface area contributed by atoms with E-state index in [1.165, 1.54) is 5.75 Å². The first kappa shape index (κ1) is 9.86. The van der Waals surface area contributed by atoms with Crippen molar-refractivity contribution in [2.75, 3.05) is 16.8 Å². The first-order valence-corrected chi connectivity index (χ1v) is 6.10. The van der Waals surface area contributed by atoms with E-state index in [-0.39, 0.29) is 0 Å². The van der Waals surface area contributed by atoms with Crippen LogP contribution >= 0.6 is 23.1 Å². The van der Waals surface area contributed by atoms with Crippen LogP contribution in [0, 0.1) is 0 Å². The summed E-state index contributed by atoms with van der Waals surface area (Å²) in [7, 11) is 0. The normalized spacial score (nSPS) is 12.8. The molecule has 1 aromatic rings. The maximum atomic E-state index is 4.16. The predicted molar refractivity (Wildman–Crippen MR) is 58.2 cm³/mol. The third kappa shape index (κ3) is 3.45. The third-order valence-electron chi connectivity index (χ3n) is 1.37. The summed E-state index contributed by atoms with van der Waals surface area (Å²) < 4.78 is 0. The highest BCUT2D eigenvalue weighted by atomic mass is 32.2. The monoisotopic (exact) mass is 202 g/mol. The summed E-state index contributed by atoms with van der Waals surface area (Å²) in [5.74, 6) is 2.33. The Morgan fingerprint density at radius 1 is 1.75 bits per heavy atom. The number of nitrogens with one attached hydrogen (secondary N) is 1. The summed E-state index contributed by atoms with van der Waals surface area (Å²) in [6, 6.07) is 0.515. The highest BCUT2D eigenvalue weighted by Crippen LogP contribution is 2.13. The van der Waals surface area contributed by atoms with E-state index in [4.69, 9.17) is 0 Å². The van der Waals surface area contributed by atoms with Crippen LogP contribution in [0.3, 0.4) is 0 Å². The molecular weight excluding hydrogens is 188 g/mol. The molecule has 0 aromatic carbocycles. The molecule has 0 fully saturated rings. The second kappa shape index (κ2) is 5.43. The van der Waals surface area contributed by atoms with Crippen LogP contribution in [0.1, 0.15) is 13.8 Å². The molecule has 0 bridgehead atoms. The van der Waals surface area contributed by atoms with Crippen molar-refractivity contribution in [3.63, 3.8) is 0 Å². The molecule has 0 radical (unpaired) electrons. The van der Waals surface area contributed by atoms with Crippen molar-refractivity contribution < 1.29 is 0 Å². The van der Waals surface area contributed by atoms with Gasteiger partial charge in [-0.1, -0.05) is 6.92 Å². The van der Waals surface area contributed by atoms with E-state index < -0.39 is 0 Å². The van der Waals surface area contributed by atoms with Gasteiger partial charge < -0.3 is 5.32 Å². The molecule has 0 aliphatic carbocycles. The third-order valence-corrected chi connectivity index (χ3v) is 3.22. The topological polar surface area (TPSA) is 24.9 Å². The minimum Gasteiger partial charge on any atom is -0.358 e. The smallest absolute Gasteiger partial charge is 0.182 e. The second-order valence-electron chi connectivity index (χ2n) is 2.54. The molecule has 0 aliphatic heterocycles. The summed E-state index contributed by atoms with van der Waals surface area (Å²) in [4.78, 5) is 4.16. The van der Waals surface area contributed by atoms with E-state index in [0.29, 0.717) is 6.04 Å². The van der Waals surface area contributed by atoms with Gasteiger partial charge in [0.15, 0.2) is 5.13 Å². The Morgan fingerprint density at radius 3 is 3.17 bits per heavy atom. The van der Waals surface area contributed by atoms with Gasteiger partial charge in [-0.05, 0) is 12.7 Å². The highest BCUT2D eigenvalue weighted by molar-refractivity contribution is 7.99. The zero-order chi connectivity index (χ0) is 8.81. The Hall–Kier alpha value is -0.220. The van der Waals surface area contributed by atoms with E-state index in [9.17, 15) is 0 Å². The van der Waals surface area contributed by atoms with Crippen molar-refractivity contribution in [2.24, 2.45) is 0 Å². The number of nitrogens with zero attached hydrogens (tertiary/aromatic N) is 1. The predicted octanol–water partition coefficient (Wildman–Crippen LogP) is 2.70. The number of aromatic nitrogens is 1. The number of thioether (sulfide) groups is 1. The molecule has 1 N–H and O–H groups in total. The first-order chi connectivity index (χ1) is 5.83. The van der Waals surface area contributed by atoms with Crippen LogP contribution in [-0.4, -0.2) is 22.5 Å². The summed E-state index contributed by atoms with van der Waals surface area (Å²) in [6.07, 6.45) is 1.83. The highest BCUT2D eigenvalue weighted by Gasteiger charge is 2.01. The molecule has 0 aliphatic rings. The summed E-state index contributed by atoms with van der Waals surface area (Å²) in [5.41, 5.74) is 0. The van der Waals surface area contributed by atoms with E-state index in [0.717, 1.165) is 10.9 Å². The maximum Gasteiger partial charge on any atom is 0.182 e. The number of hydrogen-bond acceptors (Lipinski definition) is 4. The lowest BCUT2D eigenvalue weighted by Crippen LogP contribution is -2.17. The molecule has 1 heterocycles. The summed E-state index contributed by atoms with van der Waals surface area (Å²) in [5, 5.41) is 6.36. The Morgan fingerprint density at radius 2 is 2.58 bits per heavy atom. The van der Waals surface area contributed by atoms with Crippen molar-refractivity contribution in [1.29, 1.82) is 0 Å². The number of anilines is 1. The van der Waals surface area contributed by atoms with Gasteiger partial charge in [-0.15, -0.1) is 11.3 Å². The zero-order valence-corrected chi connectivity index (χ0v) is 9.04. The van der Waals surface area contributed by atoms with Gasteiger partial charge in [0.05, 0.1) is 0 Å². The van der Waals surface area contributed by atoms with Gasteiger partial charge in [0.2, 0.25) is 0 Å². The Balaban J connectivity index is 2.22. The molecule has 0 saturated heterocycles. The fraction of sp³-hybridized carbons (Fsp3) is 0.625. The molecule has 0 saturated carbocycles.